The first-order valence-electron chi connectivity index (χ1n) is 10.7. The summed E-state index contributed by atoms with van der Waals surface area (Å²) in [4.78, 5) is 12.9. The van der Waals surface area contributed by atoms with E-state index in [-0.39, 0.29) is 17.9 Å². The van der Waals surface area contributed by atoms with Crippen molar-refractivity contribution in [2.75, 3.05) is 5.32 Å². The minimum absolute atomic E-state index is 0.0701. The number of hydrogen-bond donors (Lipinski definition) is 1. The third-order valence-electron chi connectivity index (χ3n) is 5.37. The Morgan fingerprint density at radius 3 is 2.50 bits per heavy atom. The molecule has 0 saturated heterocycles. The van der Waals surface area contributed by atoms with Gasteiger partial charge in [0.25, 0.3) is 5.91 Å². The largest absolute Gasteiger partial charge is 0.488 e. The average molecular weight is 551 g/mol. The fourth-order valence-electron chi connectivity index (χ4n) is 3.59. The second kappa shape index (κ2) is 10.7. The van der Waals surface area contributed by atoms with Gasteiger partial charge in [-0.05, 0) is 47.2 Å². The van der Waals surface area contributed by atoms with Crippen molar-refractivity contribution in [3.63, 3.8) is 0 Å². The summed E-state index contributed by atoms with van der Waals surface area (Å²) in [5.41, 5.74) is 0.160. The van der Waals surface area contributed by atoms with Crippen LogP contribution in [0.2, 0.25) is 0 Å². The number of carbonyl (C=O) groups excluding carboxylic acids is 1. The molecule has 0 aromatic heterocycles. The van der Waals surface area contributed by atoms with Crippen molar-refractivity contribution in [3.8, 4) is 11.8 Å². The Kier molecular flexibility index (Phi) is 7.41. The maximum Gasteiger partial charge on any atom is 0.416 e. The van der Waals surface area contributed by atoms with Crippen molar-refractivity contribution >= 4 is 44.4 Å². The molecule has 8 heteroatoms. The van der Waals surface area contributed by atoms with Gasteiger partial charge >= 0.3 is 6.18 Å². The van der Waals surface area contributed by atoms with E-state index in [0.29, 0.717) is 11.3 Å². The molecule has 0 fully saturated rings. The Balaban J connectivity index is 1.69. The van der Waals surface area contributed by atoms with Crippen LogP contribution in [-0.4, -0.2) is 5.91 Å². The van der Waals surface area contributed by atoms with Crippen LogP contribution < -0.4 is 10.1 Å². The molecule has 4 rings (SSSR count). The van der Waals surface area contributed by atoms with Crippen LogP contribution in [-0.2, 0) is 17.6 Å². The molecule has 1 amide bonds. The number of alkyl halides is 3. The molecule has 36 heavy (non-hydrogen) atoms. The Hall–Kier alpha value is -4.09. The number of ether oxygens (including phenoxy) is 1. The van der Waals surface area contributed by atoms with Crippen LogP contribution in [0.15, 0.2) is 95.0 Å². The first-order chi connectivity index (χ1) is 17.3. The summed E-state index contributed by atoms with van der Waals surface area (Å²) >= 11 is 3.49. The summed E-state index contributed by atoms with van der Waals surface area (Å²) < 4.78 is 46.1. The van der Waals surface area contributed by atoms with Gasteiger partial charge in [0.15, 0.2) is 0 Å². The number of rotatable bonds is 6. The molecule has 0 aliphatic heterocycles. The lowest BCUT2D eigenvalue weighted by molar-refractivity contribution is -0.137. The number of nitrogens with zero attached hydrogens (tertiary/aromatic N) is 1. The zero-order valence-electron chi connectivity index (χ0n) is 18.6. The molecule has 4 aromatic carbocycles. The van der Waals surface area contributed by atoms with Gasteiger partial charge < -0.3 is 10.1 Å². The van der Waals surface area contributed by atoms with E-state index in [0.717, 1.165) is 32.9 Å². The molecule has 0 atom stereocenters. The van der Waals surface area contributed by atoms with Crippen molar-refractivity contribution in [2.24, 2.45) is 0 Å². The van der Waals surface area contributed by atoms with Crippen molar-refractivity contribution < 1.29 is 22.7 Å². The van der Waals surface area contributed by atoms with Crippen LogP contribution in [0, 0.1) is 11.3 Å². The van der Waals surface area contributed by atoms with Gasteiger partial charge in [-0.1, -0.05) is 70.5 Å². The molecular weight excluding hydrogens is 533 g/mol. The Labute approximate surface area is 213 Å². The number of amides is 1. The van der Waals surface area contributed by atoms with Crippen LogP contribution in [0.4, 0.5) is 18.9 Å². The second-order valence-corrected chi connectivity index (χ2v) is 8.64. The lowest BCUT2D eigenvalue weighted by Gasteiger charge is -2.14. The standard InChI is InChI=1S/C28H18BrF3N2O2/c29-25-11-4-2-7-19(25)17-36-26-13-12-18-6-1-3-10-23(18)24(26)14-20(16-33)27(35)34-22-9-5-8-21(15-22)28(30,31)32/h1-15H,17H2,(H,34,35)/b20-14+. The van der Waals surface area contributed by atoms with Gasteiger partial charge in [-0.25, -0.2) is 0 Å². The number of benzene rings is 4. The number of carbonyl (C=O) groups is 1. The van der Waals surface area contributed by atoms with Crippen LogP contribution in [0.5, 0.6) is 5.75 Å². The predicted molar refractivity (Wildman–Crippen MR) is 136 cm³/mol. The SMILES string of the molecule is N#C/C(=C\c1c(OCc2ccccc2Br)ccc2ccccc12)C(=O)Nc1cccc(C(F)(F)F)c1. The van der Waals surface area contributed by atoms with Crippen molar-refractivity contribution in [2.45, 2.75) is 12.8 Å². The lowest BCUT2D eigenvalue weighted by Crippen LogP contribution is -2.14. The maximum atomic E-state index is 13.0. The van der Waals surface area contributed by atoms with Gasteiger partial charge in [-0.15, -0.1) is 0 Å². The minimum Gasteiger partial charge on any atom is -0.488 e. The fourth-order valence-corrected chi connectivity index (χ4v) is 3.99. The summed E-state index contributed by atoms with van der Waals surface area (Å²) in [6.45, 7) is 0.235. The molecule has 4 aromatic rings. The van der Waals surface area contributed by atoms with Crippen LogP contribution in [0.1, 0.15) is 16.7 Å². The van der Waals surface area contributed by atoms with E-state index < -0.39 is 17.6 Å². The number of nitriles is 1. The molecule has 0 saturated carbocycles. The highest BCUT2D eigenvalue weighted by atomic mass is 79.9. The van der Waals surface area contributed by atoms with Crippen LogP contribution in [0.3, 0.4) is 0 Å². The summed E-state index contributed by atoms with van der Waals surface area (Å²) in [7, 11) is 0. The molecule has 180 valence electrons. The molecule has 0 radical (unpaired) electrons. The quantitative estimate of drug-likeness (QED) is 0.197. The molecule has 0 aliphatic rings. The van der Waals surface area contributed by atoms with E-state index in [4.69, 9.17) is 4.74 Å². The van der Waals surface area contributed by atoms with Crippen LogP contribution in [0.25, 0.3) is 16.8 Å². The fraction of sp³-hybridized carbons (Fsp3) is 0.0714. The first kappa shape index (κ1) is 25.0. The smallest absolute Gasteiger partial charge is 0.416 e. The zero-order chi connectivity index (χ0) is 25.7. The third kappa shape index (κ3) is 5.75. The van der Waals surface area contributed by atoms with Crippen molar-refractivity contribution in [3.05, 3.63) is 112 Å². The van der Waals surface area contributed by atoms with Gasteiger partial charge in [0.2, 0.25) is 0 Å². The summed E-state index contributed by atoms with van der Waals surface area (Å²) in [5.74, 6) is -0.384. The summed E-state index contributed by atoms with van der Waals surface area (Å²) in [5, 5.41) is 13.7. The topological polar surface area (TPSA) is 62.1 Å². The van der Waals surface area contributed by atoms with E-state index in [1.807, 2.05) is 60.7 Å². The number of nitrogens with one attached hydrogen (secondary N) is 1. The molecule has 0 aliphatic carbocycles. The molecular formula is C28H18BrF3N2O2. The zero-order valence-corrected chi connectivity index (χ0v) is 20.2. The average Bonchev–Trinajstić information content (AvgIpc) is 2.86. The van der Waals surface area contributed by atoms with Gasteiger partial charge in [-0.2, -0.15) is 18.4 Å². The lowest BCUT2D eigenvalue weighted by atomic mass is 10.0. The monoisotopic (exact) mass is 550 g/mol. The number of halogens is 4. The van der Waals surface area contributed by atoms with Gasteiger partial charge in [0.1, 0.15) is 24.0 Å². The Morgan fingerprint density at radius 2 is 1.75 bits per heavy atom. The number of hydrogen-bond acceptors (Lipinski definition) is 3. The number of fused-ring (bicyclic) bond motifs is 1. The summed E-state index contributed by atoms with van der Waals surface area (Å²) in [6, 6.07) is 24.7. The highest BCUT2D eigenvalue weighted by Crippen LogP contribution is 2.33. The van der Waals surface area contributed by atoms with Gasteiger partial charge in [0, 0.05) is 21.3 Å². The number of anilines is 1. The van der Waals surface area contributed by atoms with Crippen LogP contribution >= 0.6 is 15.9 Å². The van der Waals surface area contributed by atoms with E-state index in [9.17, 15) is 23.2 Å². The van der Waals surface area contributed by atoms with E-state index >= 15 is 0 Å². The highest BCUT2D eigenvalue weighted by molar-refractivity contribution is 9.10. The Morgan fingerprint density at radius 1 is 1.00 bits per heavy atom. The predicted octanol–water partition coefficient (Wildman–Crippen LogP) is 7.75. The summed E-state index contributed by atoms with van der Waals surface area (Å²) in [6.07, 6.45) is -3.17. The molecule has 1 N–H and O–H groups in total. The normalized spacial score (nSPS) is 11.7. The molecule has 0 bridgehead atoms. The minimum atomic E-state index is -4.56. The molecule has 4 nitrogen and oxygen atoms in total. The van der Waals surface area contributed by atoms with E-state index in [1.165, 1.54) is 18.2 Å². The first-order valence-corrected chi connectivity index (χ1v) is 11.5. The van der Waals surface area contributed by atoms with E-state index in [2.05, 4.69) is 21.2 Å². The third-order valence-corrected chi connectivity index (χ3v) is 6.15. The maximum absolute atomic E-state index is 13.0. The second-order valence-electron chi connectivity index (χ2n) is 7.78. The van der Waals surface area contributed by atoms with Gasteiger partial charge in [-0.3, -0.25) is 4.79 Å². The van der Waals surface area contributed by atoms with Crippen molar-refractivity contribution in [1.82, 2.24) is 0 Å². The molecule has 0 unspecified atom stereocenters. The van der Waals surface area contributed by atoms with E-state index in [1.54, 1.807) is 6.07 Å². The molecule has 0 heterocycles. The Bertz CT molecular complexity index is 1510. The highest BCUT2D eigenvalue weighted by Gasteiger charge is 2.30. The molecule has 0 spiro atoms. The van der Waals surface area contributed by atoms with Gasteiger partial charge in [0.05, 0.1) is 5.56 Å². The van der Waals surface area contributed by atoms with Crippen molar-refractivity contribution in [1.29, 1.82) is 5.26 Å².